The lowest BCUT2D eigenvalue weighted by molar-refractivity contribution is -0.230. The number of nitrogens with zero attached hydrogens (tertiary/aromatic N) is 1. The van der Waals surface area contributed by atoms with Gasteiger partial charge in [0, 0.05) is 12.8 Å². The molecule has 2 aromatic rings. The van der Waals surface area contributed by atoms with E-state index in [1.165, 1.54) is 0 Å². The van der Waals surface area contributed by atoms with Gasteiger partial charge in [-0.15, -0.1) is 0 Å². The van der Waals surface area contributed by atoms with Crippen LogP contribution < -0.4 is 16.6 Å². The Labute approximate surface area is 279 Å². The van der Waals surface area contributed by atoms with Crippen LogP contribution in [0.5, 0.6) is 0 Å². The number of amides is 1. The molecule has 5 unspecified atom stereocenters. The summed E-state index contributed by atoms with van der Waals surface area (Å²) >= 11 is 0. The molecular weight excluding hydrogens is 629 g/mol. The highest BCUT2D eigenvalue weighted by molar-refractivity contribution is 5.70. The van der Waals surface area contributed by atoms with Crippen molar-refractivity contribution in [2.24, 2.45) is 0 Å². The van der Waals surface area contributed by atoms with Gasteiger partial charge in [0.05, 0.1) is 6.20 Å². The van der Waals surface area contributed by atoms with E-state index in [0.717, 1.165) is 51.4 Å². The lowest BCUT2D eigenvalue weighted by Crippen LogP contribution is -2.64. The molecule has 0 saturated carbocycles. The molecule has 266 valence electrons. The second kappa shape index (κ2) is 20.4. The van der Waals surface area contributed by atoms with Crippen LogP contribution in [0, 0.1) is 5.82 Å². The number of esters is 2. The standard InChI is InChI=1S/C34H48FN3O10/c1-3-5-7-9-14-18-26(39)45-22-25-29(41)30(48-27(40)19-15-10-8-6-4-2)28(36-34(44)46-21-23-16-12-11-13-17-23)32(47-25)38-20-24(35)31(42)37-33(38)43/h11-13,16-17,20,25,28-30,32,41H,3-10,14-15,18-19,21-22H2,1-2H3,(H,36,44)(H,37,42,43). The number of hydrogen-bond donors (Lipinski definition) is 3. The summed E-state index contributed by atoms with van der Waals surface area (Å²) in [5.41, 5.74) is -1.72. The lowest BCUT2D eigenvalue weighted by atomic mass is 9.95. The molecule has 3 N–H and O–H groups in total. The summed E-state index contributed by atoms with van der Waals surface area (Å²) in [6, 6.07) is 7.25. The first-order valence-electron chi connectivity index (χ1n) is 16.8. The highest BCUT2D eigenvalue weighted by Gasteiger charge is 2.50. The number of aromatic nitrogens is 2. The molecule has 1 amide bonds. The van der Waals surface area contributed by atoms with Crippen LogP contribution in [0.15, 0.2) is 46.1 Å². The number of ether oxygens (including phenoxy) is 4. The van der Waals surface area contributed by atoms with Crippen molar-refractivity contribution in [1.82, 2.24) is 14.9 Å². The highest BCUT2D eigenvalue weighted by Crippen LogP contribution is 2.31. The van der Waals surface area contributed by atoms with Crippen LogP contribution in [0.3, 0.4) is 0 Å². The van der Waals surface area contributed by atoms with Crippen molar-refractivity contribution in [3.8, 4) is 0 Å². The summed E-state index contributed by atoms with van der Waals surface area (Å²) in [5, 5.41) is 13.9. The summed E-state index contributed by atoms with van der Waals surface area (Å²) in [7, 11) is 0. The molecule has 5 atom stereocenters. The predicted molar refractivity (Wildman–Crippen MR) is 172 cm³/mol. The summed E-state index contributed by atoms with van der Waals surface area (Å²) in [5.74, 6) is -2.57. The maximum absolute atomic E-state index is 14.5. The molecule has 3 rings (SSSR count). The zero-order valence-corrected chi connectivity index (χ0v) is 27.7. The highest BCUT2D eigenvalue weighted by atomic mass is 19.1. The predicted octanol–water partition coefficient (Wildman–Crippen LogP) is 4.41. The number of carbonyl (C=O) groups excluding carboxylic acids is 3. The number of benzene rings is 1. The molecule has 14 heteroatoms. The number of carbonyl (C=O) groups is 3. The van der Waals surface area contributed by atoms with Gasteiger partial charge in [0.25, 0.3) is 5.56 Å². The Morgan fingerprint density at radius 3 is 2.19 bits per heavy atom. The molecule has 0 aliphatic carbocycles. The van der Waals surface area contributed by atoms with Crippen LogP contribution in [-0.2, 0) is 35.1 Å². The third kappa shape index (κ3) is 12.2. The van der Waals surface area contributed by atoms with Gasteiger partial charge in [-0.3, -0.25) is 23.9 Å². The number of H-pyrrole nitrogens is 1. The van der Waals surface area contributed by atoms with Gasteiger partial charge in [-0.05, 0) is 18.4 Å². The summed E-state index contributed by atoms with van der Waals surface area (Å²) in [4.78, 5) is 65.1. The van der Waals surface area contributed by atoms with E-state index in [1.807, 2.05) is 4.98 Å². The summed E-state index contributed by atoms with van der Waals surface area (Å²) < 4.78 is 37.5. The molecule has 1 fully saturated rings. The van der Waals surface area contributed by atoms with Crippen LogP contribution in [0.25, 0.3) is 0 Å². The molecule has 1 aromatic heterocycles. The van der Waals surface area contributed by atoms with Crippen molar-refractivity contribution in [2.45, 2.75) is 128 Å². The molecular formula is C34H48FN3O10. The van der Waals surface area contributed by atoms with E-state index in [2.05, 4.69) is 19.2 Å². The van der Waals surface area contributed by atoms with Gasteiger partial charge in [-0.25, -0.2) is 9.59 Å². The second-order valence-electron chi connectivity index (χ2n) is 11.9. The molecule has 48 heavy (non-hydrogen) atoms. The zero-order chi connectivity index (χ0) is 34.9. The minimum absolute atomic E-state index is 0.00848. The fourth-order valence-corrected chi connectivity index (χ4v) is 5.36. The van der Waals surface area contributed by atoms with Crippen LogP contribution in [0.4, 0.5) is 9.18 Å². The number of halogens is 1. The second-order valence-corrected chi connectivity index (χ2v) is 11.9. The number of aromatic amines is 1. The smallest absolute Gasteiger partial charge is 0.407 e. The van der Waals surface area contributed by atoms with E-state index in [4.69, 9.17) is 18.9 Å². The van der Waals surface area contributed by atoms with E-state index >= 15 is 0 Å². The van der Waals surface area contributed by atoms with Gasteiger partial charge >= 0.3 is 23.7 Å². The Kier molecular flexibility index (Phi) is 16.3. The Hall–Kier alpha value is -4.04. The van der Waals surface area contributed by atoms with Crippen molar-refractivity contribution >= 4 is 18.0 Å². The van der Waals surface area contributed by atoms with Gasteiger partial charge in [-0.2, -0.15) is 4.39 Å². The molecule has 1 saturated heterocycles. The Morgan fingerprint density at radius 1 is 0.917 bits per heavy atom. The minimum Gasteiger partial charge on any atom is -0.463 e. The maximum Gasteiger partial charge on any atom is 0.407 e. The number of hydrogen-bond acceptors (Lipinski definition) is 10. The van der Waals surface area contributed by atoms with Crippen molar-refractivity contribution in [1.29, 1.82) is 0 Å². The van der Waals surface area contributed by atoms with Crippen LogP contribution >= 0.6 is 0 Å². The van der Waals surface area contributed by atoms with E-state index in [1.54, 1.807) is 30.3 Å². The van der Waals surface area contributed by atoms with Gasteiger partial charge < -0.3 is 29.4 Å². The lowest BCUT2D eigenvalue weighted by Gasteiger charge is -2.44. The number of aliphatic hydroxyl groups excluding tert-OH is 1. The fraction of sp³-hybridized carbons (Fsp3) is 0.618. The first-order valence-corrected chi connectivity index (χ1v) is 16.8. The van der Waals surface area contributed by atoms with Gasteiger partial charge in [0.15, 0.2) is 12.3 Å². The van der Waals surface area contributed by atoms with Crippen LogP contribution in [0.1, 0.15) is 103 Å². The Bertz CT molecular complexity index is 1420. The van der Waals surface area contributed by atoms with Crippen molar-refractivity contribution in [2.75, 3.05) is 6.61 Å². The van der Waals surface area contributed by atoms with E-state index in [0.29, 0.717) is 29.2 Å². The first kappa shape index (κ1) is 38.4. The van der Waals surface area contributed by atoms with Crippen molar-refractivity contribution in [3.05, 3.63) is 68.7 Å². The van der Waals surface area contributed by atoms with Gasteiger partial charge in [-0.1, -0.05) is 95.5 Å². The third-order valence-electron chi connectivity index (χ3n) is 8.03. The topological polar surface area (TPSA) is 175 Å². The van der Waals surface area contributed by atoms with Crippen LogP contribution in [0.2, 0.25) is 0 Å². The third-order valence-corrected chi connectivity index (χ3v) is 8.03. The maximum atomic E-state index is 14.5. The van der Waals surface area contributed by atoms with E-state index in [9.17, 15) is 33.5 Å². The monoisotopic (exact) mass is 677 g/mol. The molecule has 1 aliphatic rings. The summed E-state index contributed by atoms with van der Waals surface area (Å²) in [6.45, 7) is 3.51. The molecule has 13 nitrogen and oxygen atoms in total. The van der Waals surface area contributed by atoms with Crippen molar-refractivity contribution in [3.63, 3.8) is 0 Å². The number of unbranched alkanes of at least 4 members (excludes halogenated alkanes) is 8. The average molecular weight is 678 g/mol. The quantitative estimate of drug-likeness (QED) is 0.110. The number of nitrogens with one attached hydrogen (secondary N) is 2. The molecule has 0 spiro atoms. The normalized spacial score (nSPS) is 20.5. The molecule has 1 aromatic carbocycles. The molecule has 0 bridgehead atoms. The first-order chi connectivity index (χ1) is 23.1. The number of alkyl carbamates (subject to hydrolysis) is 1. The Balaban J connectivity index is 1.87. The van der Waals surface area contributed by atoms with E-state index in [-0.39, 0.29) is 19.4 Å². The van der Waals surface area contributed by atoms with Gasteiger partial charge in [0.2, 0.25) is 5.82 Å². The minimum atomic E-state index is -1.66. The zero-order valence-electron chi connectivity index (χ0n) is 27.7. The molecule has 1 aliphatic heterocycles. The van der Waals surface area contributed by atoms with Crippen LogP contribution in [-0.4, -0.2) is 63.7 Å². The van der Waals surface area contributed by atoms with Crippen molar-refractivity contribution < 1.29 is 42.8 Å². The number of aliphatic hydroxyl groups is 1. The Morgan fingerprint density at radius 2 is 1.54 bits per heavy atom. The largest absolute Gasteiger partial charge is 0.463 e. The molecule has 0 radical (unpaired) electrons. The van der Waals surface area contributed by atoms with E-state index < -0.39 is 72.3 Å². The average Bonchev–Trinajstić information content (AvgIpc) is 3.07. The number of rotatable bonds is 19. The molecule has 2 heterocycles. The SMILES string of the molecule is CCCCCCCC(=O)OCC1OC(n2cc(F)c(=O)[nH]c2=O)C(NC(=O)OCc2ccccc2)C(OC(=O)CCCCCCC)C1O. The fourth-order valence-electron chi connectivity index (χ4n) is 5.36. The van der Waals surface area contributed by atoms with Gasteiger partial charge in [0.1, 0.15) is 31.5 Å². The summed E-state index contributed by atoms with van der Waals surface area (Å²) in [6.07, 6.45) is 2.26.